The number of amides is 3. The van der Waals surface area contributed by atoms with Crippen LogP contribution in [0.2, 0.25) is 0 Å². The van der Waals surface area contributed by atoms with E-state index in [4.69, 9.17) is 19.0 Å². The Balaban J connectivity index is 1.69. The molecule has 2 aliphatic heterocycles. The third-order valence-electron chi connectivity index (χ3n) is 6.01. The molecule has 1 fully saturated rings. The Kier molecular flexibility index (Phi) is 11.9. The van der Waals surface area contributed by atoms with Crippen LogP contribution in [-0.2, 0) is 28.6 Å². The van der Waals surface area contributed by atoms with E-state index in [1.54, 1.807) is 4.90 Å². The number of oxime groups is 1. The third kappa shape index (κ3) is 11.3. The fourth-order valence-corrected chi connectivity index (χ4v) is 4.02. The first kappa shape index (κ1) is 30.2. The summed E-state index contributed by atoms with van der Waals surface area (Å²) in [5, 5.41) is 9.21. The van der Waals surface area contributed by atoms with Crippen molar-refractivity contribution >= 4 is 29.8 Å². The molecule has 0 aromatic rings. The van der Waals surface area contributed by atoms with Crippen molar-refractivity contribution in [1.29, 1.82) is 0 Å². The van der Waals surface area contributed by atoms with Crippen LogP contribution in [0.25, 0.3) is 0 Å². The van der Waals surface area contributed by atoms with Crippen molar-refractivity contribution in [3.63, 3.8) is 0 Å². The molecule has 2 atom stereocenters. The summed E-state index contributed by atoms with van der Waals surface area (Å²) >= 11 is 0. The van der Waals surface area contributed by atoms with Crippen LogP contribution in [-0.4, -0.2) is 85.8 Å². The molecule has 2 rings (SSSR count). The van der Waals surface area contributed by atoms with Gasteiger partial charge in [-0.2, -0.15) is 0 Å². The van der Waals surface area contributed by atoms with Crippen molar-refractivity contribution < 1.29 is 38.2 Å². The largest absolute Gasteiger partial charge is 0.467 e. The van der Waals surface area contributed by atoms with Crippen molar-refractivity contribution in [1.82, 2.24) is 15.5 Å². The van der Waals surface area contributed by atoms with Gasteiger partial charge in [0.1, 0.15) is 17.7 Å². The number of carbonyl (C=O) groups excluding carboxylic acids is 4. The van der Waals surface area contributed by atoms with Gasteiger partial charge >= 0.3 is 18.2 Å². The second-order valence-electron chi connectivity index (χ2n) is 10.4. The van der Waals surface area contributed by atoms with Crippen LogP contribution >= 0.6 is 0 Å². The Morgan fingerprint density at radius 3 is 2.51 bits per heavy atom. The molecular formula is C25H42N4O8. The molecule has 2 aliphatic rings. The zero-order chi connectivity index (χ0) is 27.4. The van der Waals surface area contributed by atoms with Crippen LogP contribution < -0.4 is 10.6 Å². The molecule has 0 bridgehead atoms. The fourth-order valence-electron chi connectivity index (χ4n) is 4.02. The second kappa shape index (κ2) is 14.6. The van der Waals surface area contributed by atoms with Gasteiger partial charge in [-0.25, -0.2) is 14.4 Å². The van der Waals surface area contributed by atoms with Gasteiger partial charge in [-0.05, 0) is 52.4 Å². The monoisotopic (exact) mass is 526 g/mol. The predicted molar refractivity (Wildman–Crippen MR) is 135 cm³/mol. The quantitative estimate of drug-likeness (QED) is 0.237. The first-order chi connectivity index (χ1) is 17.5. The lowest BCUT2D eigenvalue weighted by Gasteiger charge is -2.33. The van der Waals surface area contributed by atoms with Crippen LogP contribution in [0.3, 0.4) is 0 Å². The Labute approximate surface area is 218 Å². The van der Waals surface area contributed by atoms with Gasteiger partial charge in [0.2, 0.25) is 5.91 Å². The number of nitrogens with one attached hydrogen (secondary N) is 2. The van der Waals surface area contributed by atoms with E-state index in [-0.39, 0.29) is 37.7 Å². The topological polar surface area (TPSA) is 145 Å². The number of hydrogen-bond acceptors (Lipinski definition) is 9. The van der Waals surface area contributed by atoms with Crippen molar-refractivity contribution in [3.05, 3.63) is 0 Å². The minimum Gasteiger partial charge on any atom is -0.467 e. The first-order valence-electron chi connectivity index (χ1n) is 13.0. The van der Waals surface area contributed by atoms with E-state index in [1.165, 1.54) is 7.11 Å². The Hall–Kier alpha value is -3.05. The van der Waals surface area contributed by atoms with Crippen LogP contribution in [0.15, 0.2) is 5.16 Å². The van der Waals surface area contributed by atoms with E-state index in [9.17, 15) is 19.2 Å². The van der Waals surface area contributed by atoms with Gasteiger partial charge in [-0.3, -0.25) is 4.79 Å². The van der Waals surface area contributed by atoms with E-state index in [2.05, 4.69) is 15.8 Å². The molecule has 2 N–H and O–H groups in total. The van der Waals surface area contributed by atoms with E-state index < -0.39 is 23.7 Å². The lowest BCUT2D eigenvalue weighted by molar-refractivity contribution is -0.143. The molecule has 0 saturated carbocycles. The summed E-state index contributed by atoms with van der Waals surface area (Å²) in [6.45, 7) is 8.92. The number of rotatable bonds is 11. The normalized spacial score (nSPS) is 18.8. The highest BCUT2D eigenvalue weighted by Crippen LogP contribution is 2.26. The summed E-state index contributed by atoms with van der Waals surface area (Å²) in [6.07, 6.45) is 3.24. The molecule has 3 amide bonds. The highest BCUT2D eigenvalue weighted by Gasteiger charge is 2.30. The van der Waals surface area contributed by atoms with Gasteiger partial charge in [-0.1, -0.05) is 18.5 Å². The van der Waals surface area contributed by atoms with Gasteiger partial charge in [0.25, 0.3) is 0 Å². The Morgan fingerprint density at radius 1 is 1.19 bits per heavy atom. The highest BCUT2D eigenvalue weighted by atomic mass is 16.6. The van der Waals surface area contributed by atoms with Gasteiger partial charge < -0.3 is 34.6 Å². The first-order valence-corrected chi connectivity index (χ1v) is 13.0. The molecule has 0 spiro atoms. The second-order valence-corrected chi connectivity index (χ2v) is 10.4. The summed E-state index contributed by atoms with van der Waals surface area (Å²) in [5.74, 6) is -0.632. The molecular weight excluding hydrogens is 484 g/mol. The number of ether oxygens (including phenoxy) is 3. The smallest absolute Gasteiger partial charge is 0.410 e. The maximum absolute atomic E-state index is 12.4. The van der Waals surface area contributed by atoms with E-state index >= 15 is 0 Å². The van der Waals surface area contributed by atoms with E-state index in [0.29, 0.717) is 31.8 Å². The van der Waals surface area contributed by atoms with E-state index in [0.717, 1.165) is 31.4 Å². The summed E-state index contributed by atoms with van der Waals surface area (Å²) in [5.41, 5.74) is 0.388. The van der Waals surface area contributed by atoms with Gasteiger partial charge in [-0.15, -0.1) is 0 Å². The van der Waals surface area contributed by atoms with Crippen LogP contribution in [0, 0.1) is 5.92 Å². The number of esters is 1. The molecule has 1 unspecified atom stereocenters. The molecule has 12 heteroatoms. The fraction of sp³-hybridized carbons (Fsp3) is 0.800. The zero-order valence-corrected chi connectivity index (χ0v) is 22.7. The minimum absolute atomic E-state index is 0.0684. The molecule has 0 aromatic heterocycles. The maximum atomic E-state index is 12.4. The van der Waals surface area contributed by atoms with E-state index in [1.807, 2.05) is 27.7 Å². The van der Waals surface area contributed by atoms with Crippen LogP contribution in [0.1, 0.15) is 72.6 Å². The predicted octanol–water partition coefficient (Wildman–Crippen LogP) is 2.74. The van der Waals surface area contributed by atoms with Crippen molar-refractivity contribution in [2.75, 3.05) is 33.4 Å². The molecule has 0 radical (unpaired) electrons. The van der Waals surface area contributed by atoms with Crippen molar-refractivity contribution in [2.24, 2.45) is 11.1 Å². The number of nitrogens with zero attached hydrogens (tertiary/aromatic N) is 2. The lowest BCUT2D eigenvalue weighted by Crippen LogP contribution is -2.49. The highest BCUT2D eigenvalue weighted by molar-refractivity contribution is 5.87. The van der Waals surface area contributed by atoms with Crippen molar-refractivity contribution in [2.45, 2.75) is 90.4 Å². The number of carbonyl (C=O) groups is 4. The Morgan fingerprint density at radius 2 is 1.89 bits per heavy atom. The minimum atomic E-state index is -1.06. The maximum Gasteiger partial charge on any atom is 0.410 e. The molecule has 2 heterocycles. The average molecular weight is 527 g/mol. The molecule has 210 valence electrons. The standard InChI is InChI=1S/C25H42N4O8/c1-6-7-12-35-23(32)27-20(22(31)34-5)16-26-21(30)15-19-14-18(28-37-19)13-17-8-10-29(11-9-17)24(33)36-25(2,3)4/h17,19-20H,6-16H2,1-5H3,(H,26,30)(H,27,32)/t19?,20-/m0/s1. The molecule has 12 nitrogen and oxygen atoms in total. The average Bonchev–Trinajstić information content (AvgIpc) is 3.27. The number of piperidine rings is 1. The number of unbranched alkanes of at least 4 members (excludes halogenated alkanes) is 1. The summed E-state index contributed by atoms with van der Waals surface area (Å²) in [4.78, 5) is 55.7. The molecule has 0 aliphatic carbocycles. The number of alkyl carbamates (subject to hydrolysis) is 1. The molecule has 1 saturated heterocycles. The lowest BCUT2D eigenvalue weighted by atomic mass is 9.90. The van der Waals surface area contributed by atoms with Gasteiger partial charge in [0, 0.05) is 26.1 Å². The van der Waals surface area contributed by atoms with Gasteiger partial charge in [0.15, 0.2) is 0 Å². The van der Waals surface area contributed by atoms with Gasteiger partial charge in [0.05, 0.1) is 25.8 Å². The number of hydrogen-bond donors (Lipinski definition) is 2. The van der Waals surface area contributed by atoms with Crippen molar-refractivity contribution in [3.8, 4) is 0 Å². The number of methoxy groups -OCH3 is 1. The van der Waals surface area contributed by atoms with Crippen LogP contribution in [0.4, 0.5) is 9.59 Å². The SMILES string of the molecule is CCCCOC(=O)N[C@@H](CNC(=O)CC1CC(CC2CCN(C(=O)OC(C)(C)C)CC2)=NO1)C(=O)OC. The summed E-state index contributed by atoms with van der Waals surface area (Å²) < 4.78 is 15.1. The Bertz CT molecular complexity index is 818. The summed E-state index contributed by atoms with van der Waals surface area (Å²) in [7, 11) is 1.20. The molecule has 37 heavy (non-hydrogen) atoms. The zero-order valence-electron chi connectivity index (χ0n) is 22.7. The molecule has 0 aromatic carbocycles. The van der Waals surface area contributed by atoms with Crippen LogP contribution in [0.5, 0.6) is 0 Å². The third-order valence-corrected chi connectivity index (χ3v) is 6.01. The number of likely N-dealkylation sites (tertiary alicyclic amines) is 1. The summed E-state index contributed by atoms with van der Waals surface area (Å²) in [6, 6.07) is -1.06.